The quantitative estimate of drug-likeness (QED) is 0.762. The van der Waals surface area contributed by atoms with Crippen LogP contribution in [0.25, 0.3) is 0 Å². The lowest BCUT2D eigenvalue weighted by Crippen LogP contribution is -2.29. The summed E-state index contributed by atoms with van der Waals surface area (Å²) < 4.78 is 38.5. The summed E-state index contributed by atoms with van der Waals surface area (Å²) in [6.07, 6.45) is -4.67. The monoisotopic (exact) mass is 370 g/mol. The second-order valence-corrected chi connectivity index (χ2v) is 5.76. The van der Waals surface area contributed by atoms with Gasteiger partial charge >= 0.3 is 18.0 Å². The Hall–Kier alpha value is -2.54. The van der Waals surface area contributed by atoms with Gasteiger partial charge in [-0.2, -0.15) is 13.2 Å². The fourth-order valence-electron chi connectivity index (χ4n) is 2.07. The molecule has 0 bridgehead atoms. The summed E-state index contributed by atoms with van der Waals surface area (Å²) in [4.78, 5) is 23.9. The Morgan fingerprint density at radius 3 is 2.28 bits per heavy atom. The van der Waals surface area contributed by atoms with Gasteiger partial charge in [-0.15, -0.1) is 0 Å². The van der Waals surface area contributed by atoms with Gasteiger partial charge in [-0.25, -0.2) is 0 Å². The van der Waals surface area contributed by atoms with Crippen LogP contribution < -0.4 is 10.6 Å². The van der Waals surface area contributed by atoms with Crippen molar-refractivity contribution >= 4 is 34.8 Å². The standard InChI is InChI=1S/C17H14ClF3N2O2/c1-9-4-3-5-14(10(9)2)23-16(25)15(24)22-11-6-7-13(18)12(8-11)17(19,20)21/h3-8H,1-2H3,(H,22,24)(H,23,25). The molecule has 2 amide bonds. The molecule has 0 fully saturated rings. The number of nitrogens with one attached hydrogen (secondary N) is 2. The van der Waals surface area contributed by atoms with Crippen molar-refractivity contribution in [2.75, 3.05) is 10.6 Å². The van der Waals surface area contributed by atoms with Crippen molar-refractivity contribution in [2.24, 2.45) is 0 Å². The highest BCUT2D eigenvalue weighted by molar-refractivity contribution is 6.43. The maximum atomic E-state index is 12.8. The predicted molar refractivity (Wildman–Crippen MR) is 89.6 cm³/mol. The second-order valence-electron chi connectivity index (χ2n) is 5.35. The first-order chi connectivity index (χ1) is 11.6. The molecular weight excluding hydrogens is 357 g/mol. The minimum Gasteiger partial charge on any atom is -0.318 e. The Labute approximate surface area is 147 Å². The van der Waals surface area contributed by atoms with Gasteiger partial charge in [-0.1, -0.05) is 23.7 Å². The highest BCUT2D eigenvalue weighted by atomic mass is 35.5. The number of hydrogen-bond donors (Lipinski definition) is 2. The van der Waals surface area contributed by atoms with Gasteiger partial charge in [-0.05, 0) is 49.2 Å². The van der Waals surface area contributed by atoms with Crippen molar-refractivity contribution in [2.45, 2.75) is 20.0 Å². The lowest BCUT2D eigenvalue weighted by atomic mass is 10.1. The SMILES string of the molecule is Cc1cccc(NC(=O)C(=O)Nc2ccc(Cl)c(C(F)(F)F)c2)c1C. The van der Waals surface area contributed by atoms with Crippen LogP contribution in [0.4, 0.5) is 24.5 Å². The summed E-state index contributed by atoms with van der Waals surface area (Å²) in [5, 5.41) is 4.06. The first kappa shape index (κ1) is 18.8. The molecular formula is C17H14ClF3N2O2. The van der Waals surface area contributed by atoms with Gasteiger partial charge in [-0.3, -0.25) is 9.59 Å². The van der Waals surface area contributed by atoms with Crippen molar-refractivity contribution in [1.29, 1.82) is 0 Å². The second kappa shape index (κ2) is 7.14. The zero-order valence-corrected chi connectivity index (χ0v) is 14.0. The molecule has 0 radical (unpaired) electrons. The number of alkyl halides is 3. The van der Waals surface area contributed by atoms with E-state index in [1.54, 1.807) is 19.1 Å². The highest BCUT2D eigenvalue weighted by Crippen LogP contribution is 2.36. The summed E-state index contributed by atoms with van der Waals surface area (Å²) in [5.74, 6) is -2.08. The van der Waals surface area contributed by atoms with E-state index in [9.17, 15) is 22.8 Å². The molecule has 132 valence electrons. The third-order valence-electron chi connectivity index (χ3n) is 3.59. The highest BCUT2D eigenvalue weighted by Gasteiger charge is 2.33. The molecule has 4 nitrogen and oxygen atoms in total. The van der Waals surface area contributed by atoms with Crippen LogP contribution in [0, 0.1) is 13.8 Å². The van der Waals surface area contributed by atoms with E-state index in [4.69, 9.17) is 11.6 Å². The first-order valence-corrected chi connectivity index (χ1v) is 7.52. The summed E-state index contributed by atoms with van der Waals surface area (Å²) >= 11 is 5.51. The molecule has 0 unspecified atom stereocenters. The molecule has 2 rings (SSSR count). The Morgan fingerprint density at radius 2 is 1.64 bits per heavy atom. The number of amides is 2. The summed E-state index contributed by atoms with van der Waals surface area (Å²) in [5.41, 5.74) is 0.882. The Balaban J connectivity index is 2.14. The van der Waals surface area contributed by atoms with Crippen LogP contribution in [0.2, 0.25) is 5.02 Å². The predicted octanol–water partition coefficient (Wildman–Crippen LogP) is 4.55. The molecule has 0 aliphatic carbocycles. The lowest BCUT2D eigenvalue weighted by molar-refractivity contribution is -0.137. The van der Waals surface area contributed by atoms with Gasteiger partial charge in [0, 0.05) is 11.4 Å². The molecule has 0 aliphatic heterocycles. The van der Waals surface area contributed by atoms with Gasteiger partial charge in [0.05, 0.1) is 10.6 Å². The molecule has 25 heavy (non-hydrogen) atoms. The van der Waals surface area contributed by atoms with Crippen molar-refractivity contribution in [3.05, 3.63) is 58.1 Å². The number of anilines is 2. The minimum absolute atomic E-state index is 0.183. The zero-order chi connectivity index (χ0) is 18.8. The molecule has 0 saturated carbocycles. The van der Waals surface area contributed by atoms with Crippen molar-refractivity contribution < 1.29 is 22.8 Å². The van der Waals surface area contributed by atoms with Crippen molar-refractivity contribution in [3.63, 3.8) is 0 Å². The van der Waals surface area contributed by atoms with E-state index in [2.05, 4.69) is 10.6 Å². The third-order valence-corrected chi connectivity index (χ3v) is 3.92. The zero-order valence-electron chi connectivity index (χ0n) is 13.3. The number of halogens is 4. The first-order valence-electron chi connectivity index (χ1n) is 7.15. The Morgan fingerprint density at radius 1 is 1.00 bits per heavy atom. The van der Waals surface area contributed by atoms with Gasteiger partial charge in [0.2, 0.25) is 0 Å². The largest absolute Gasteiger partial charge is 0.417 e. The van der Waals surface area contributed by atoms with E-state index >= 15 is 0 Å². The number of benzene rings is 2. The lowest BCUT2D eigenvalue weighted by Gasteiger charge is -2.12. The molecule has 0 heterocycles. The molecule has 0 aromatic heterocycles. The van der Waals surface area contributed by atoms with Gasteiger partial charge in [0.15, 0.2) is 0 Å². The average molecular weight is 371 g/mol. The van der Waals surface area contributed by atoms with Gasteiger partial charge < -0.3 is 10.6 Å². The molecule has 2 aromatic carbocycles. The van der Waals surface area contributed by atoms with E-state index in [1.165, 1.54) is 6.07 Å². The molecule has 0 saturated heterocycles. The molecule has 0 spiro atoms. The maximum absolute atomic E-state index is 12.8. The Bertz CT molecular complexity index is 835. The normalized spacial score (nSPS) is 11.1. The van der Waals surface area contributed by atoms with Crippen LogP contribution in [0.15, 0.2) is 36.4 Å². The number of aryl methyl sites for hydroxylation is 1. The average Bonchev–Trinajstić information content (AvgIpc) is 2.52. The number of carbonyl (C=O) groups excluding carboxylic acids is 2. The fourth-order valence-corrected chi connectivity index (χ4v) is 2.30. The van der Waals surface area contributed by atoms with Crippen LogP contribution in [-0.4, -0.2) is 11.8 Å². The van der Waals surface area contributed by atoms with E-state index in [-0.39, 0.29) is 5.69 Å². The summed E-state index contributed by atoms with van der Waals surface area (Å²) in [6.45, 7) is 3.62. The van der Waals surface area contributed by atoms with Crippen LogP contribution in [0.5, 0.6) is 0 Å². The number of carbonyl (C=O) groups is 2. The molecule has 8 heteroatoms. The van der Waals surface area contributed by atoms with Crippen molar-refractivity contribution in [3.8, 4) is 0 Å². The molecule has 2 aromatic rings. The summed E-state index contributed by atoms with van der Waals surface area (Å²) in [6, 6.07) is 8.04. The third kappa shape index (κ3) is 4.51. The van der Waals surface area contributed by atoms with Crippen LogP contribution in [0.3, 0.4) is 0 Å². The van der Waals surface area contributed by atoms with Crippen LogP contribution in [-0.2, 0) is 15.8 Å². The van der Waals surface area contributed by atoms with E-state index in [0.29, 0.717) is 11.8 Å². The van der Waals surface area contributed by atoms with Crippen LogP contribution >= 0.6 is 11.6 Å². The Kier molecular flexibility index (Phi) is 5.37. The molecule has 2 N–H and O–H groups in total. The number of rotatable bonds is 2. The van der Waals surface area contributed by atoms with Gasteiger partial charge in [0.25, 0.3) is 0 Å². The topological polar surface area (TPSA) is 58.2 Å². The minimum atomic E-state index is -4.67. The van der Waals surface area contributed by atoms with Crippen molar-refractivity contribution in [1.82, 2.24) is 0 Å². The van der Waals surface area contributed by atoms with E-state index in [1.807, 2.05) is 13.0 Å². The maximum Gasteiger partial charge on any atom is 0.417 e. The van der Waals surface area contributed by atoms with E-state index in [0.717, 1.165) is 17.2 Å². The fraction of sp³-hybridized carbons (Fsp3) is 0.176. The van der Waals surface area contributed by atoms with Gasteiger partial charge in [0.1, 0.15) is 0 Å². The molecule has 0 aliphatic rings. The number of hydrogen-bond acceptors (Lipinski definition) is 2. The van der Waals surface area contributed by atoms with E-state index < -0.39 is 28.6 Å². The molecule has 0 atom stereocenters. The summed E-state index contributed by atoms with van der Waals surface area (Å²) in [7, 11) is 0. The smallest absolute Gasteiger partial charge is 0.318 e. The van der Waals surface area contributed by atoms with Crippen LogP contribution in [0.1, 0.15) is 16.7 Å².